The zero-order valence-electron chi connectivity index (χ0n) is 10.8. The summed E-state index contributed by atoms with van der Waals surface area (Å²) in [5.41, 5.74) is 6.19. The highest BCUT2D eigenvalue weighted by Crippen LogP contribution is 2.34. The summed E-state index contributed by atoms with van der Waals surface area (Å²) in [6, 6.07) is 1.81. The number of carbonyl (C=O) groups excluding carboxylic acids is 1. The molecule has 19 heavy (non-hydrogen) atoms. The van der Waals surface area contributed by atoms with Crippen molar-refractivity contribution in [2.45, 2.75) is 24.3 Å². The van der Waals surface area contributed by atoms with Crippen molar-refractivity contribution in [2.75, 3.05) is 12.8 Å². The maximum absolute atomic E-state index is 11.5. The Bertz CT molecular complexity index is 593. The topological polar surface area (TPSA) is 107 Å². The Morgan fingerprint density at radius 2 is 2.37 bits per heavy atom. The Hall–Kier alpha value is -1.96. The summed E-state index contributed by atoms with van der Waals surface area (Å²) in [6.45, 7) is 3.72. The first kappa shape index (κ1) is 13.5. The molecule has 102 valence electrons. The second-order valence-electron chi connectivity index (χ2n) is 3.92. The highest BCUT2D eigenvalue weighted by Gasteiger charge is 2.20. The van der Waals surface area contributed by atoms with Gasteiger partial charge in [0, 0.05) is 5.56 Å². The lowest BCUT2D eigenvalue weighted by atomic mass is 10.2. The third-order valence-electron chi connectivity index (χ3n) is 2.47. The summed E-state index contributed by atoms with van der Waals surface area (Å²) in [6.07, 6.45) is 0. The van der Waals surface area contributed by atoms with Crippen molar-refractivity contribution in [3.63, 3.8) is 0 Å². The first-order valence-corrected chi connectivity index (χ1v) is 6.42. The second-order valence-corrected chi connectivity index (χ2v) is 5.22. The molecule has 0 bridgehead atoms. The van der Waals surface area contributed by atoms with Gasteiger partial charge in [-0.2, -0.15) is 4.98 Å². The Balaban J connectivity index is 2.15. The van der Waals surface area contributed by atoms with Gasteiger partial charge in [0.25, 0.3) is 0 Å². The van der Waals surface area contributed by atoms with Gasteiger partial charge in [-0.1, -0.05) is 11.8 Å². The number of hydrogen-bond donors (Lipinski definition) is 2. The molecule has 2 aromatic heterocycles. The Kier molecular flexibility index (Phi) is 3.79. The van der Waals surface area contributed by atoms with Crippen molar-refractivity contribution >= 4 is 23.7 Å². The lowest BCUT2D eigenvalue weighted by Crippen LogP contribution is -2.00. The van der Waals surface area contributed by atoms with Crippen molar-refractivity contribution in [1.29, 1.82) is 0 Å². The number of nitrogen functional groups attached to an aromatic ring is 1. The predicted octanol–water partition coefficient (Wildman–Crippen LogP) is 1.93. The lowest BCUT2D eigenvalue weighted by Gasteiger charge is -2.04. The number of H-pyrrole nitrogens is 1. The molecule has 1 unspecified atom stereocenters. The standard InChI is InChI=1S/C11H14N4O3S/c1-5-4-7(18-8(5)9(16)17-3)6(2)19-11-13-10(12)14-15-11/h4,6H,1-3H3,(H3,12,13,14,15). The number of hydrogen-bond acceptors (Lipinski definition) is 7. The number of anilines is 1. The van der Waals surface area contributed by atoms with Crippen LogP contribution < -0.4 is 5.73 Å². The van der Waals surface area contributed by atoms with Crippen LogP contribution >= 0.6 is 11.8 Å². The number of carbonyl (C=O) groups is 1. The Morgan fingerprint density at radius 1 is 1.63 bits per heavy atom. The smallest absolute Gasteiger partial charge is 0.374 e. The molecule has 0 amide bonds. The van der Waals surface area contributed by atoms with Crippen LogP contribution in [-0.2, 0) is 4.74 Å². The molecule has 7 nitrogen and oxygen atoms in total. The Morgan fingerprint density at radius 3 is 2.95 bits per heavy atom. The molecule has 0 saturated carbocycles. The molecule has 2 rings (SSSR count). The van der Waals surface area contributed by atoms with Crippen LogP contribution in [0.4, 0.5) is 5.95 Å². The van der Waals surface area contributed by atoms with E-state index in [2.05, 4.69) is 19.9 Å². The molecule has 0 aliphatic heterocycles. The van der Waals surface area contributed by atoms with Crippen LogP contribution in [0.3, 0.4) is 0 Å². The second kappa shape index (κ2) is 5.35. The van der Waals surface area contributed by atoms with Crippen LogP contribution in [0.25, 0.3) is 0 Å². The molecule has 0 aromatic carbocycles. The first-order valence-electron chi connectivity index (χ1n) is 5.54. The van der Waals surface area contributed by atoms with E-state index in [9.17, 15) is 4.79 Å². The number of aromatic nitrogens is 3. The number of aromatic amines is 1. The van der Waals surface area contributed by atoms with E-state index in [-0.39, 0.29) is 17.0 Å². The van der Waals surface area contributed by atoms with Crippen LogP contribution in [0.1, 0.15) is 34.1 Å². The van der Waals surface area contributed by atoms with Crippen LogP contribution in [0, 0.1) is 6.92 Å². The normalized spacial score (nSPS) is 12.4. The molecule has 0 spiro atoms. The number of ether oxygens (including phenoxy) is 1. The molecule has 0 fully saturated rings. The summed E-state index contributed by atoms with van der Waals surface area (Å²) < 4.78 is 10.2. The number of nitrogens with two attached hydrogens (primary N) is 1. The fraction of sp³-hybridized carbons (Fsp3) is 0.364. The minimum Gasteiger partial charge on any atom is -0.463 e. The zero-order chi connectivity index (χ0) is 14.0. The first-order chi connectivity index (χ1) is 9.01. The number of furan rings is 1. The lowest BCUT2D eigenvalue weighted by molar-refractivity contribution is 0.0562. The maximum atomic E-state index is 11.5. The maximum Gasteiger partial charge on any atom is 0.374 e. The summed E-state index contributed by atoms with van der Waals surface area (Å²) in [7, 11) is 1.32. The summed E-state index contributed by atoms with van der Waals surface area (Å²) in [5, 5.41) is 6.97. The number of thioether (sulfide) groups is 1. The van der Waals surface area contributed by atoms with Crippen LogP contribution in [0.2, 0.25) is 0 Å². The number of esters is 1. The molecule has 8 heteroatoms. The van der Waals surface area contributed by atoms with Gasteiger partial charge in [-0.05, 0) is 19.9 Å². The minimum absolute atomic E-state index is 0.0488. The monoisotopic (exact) mass is 282 g/mol. The third kappa shape index (κ3) is 2.90. The van der Waals surface area contributed by atoms with Crippen LogP contribution in [-0.4, -0.2) is 28.3 Å². The largest absolute Gasteiger partial charge is 0.463 e. The number of nitrogens with one attached hydrogen (secondary N) is 1. The fourth-order valence-corrected chi connectivity index (χ4v) is 2.33. The van der Waals surface area contributed by atoms with Gasteiger partial charge < -0.3 is 14.9 Å². The van der Waals surface area contributed by atoms with E-state index in [0.717, 1.165) is 5.56 Å². The van der Waals surface area contributed by atoms with Gasteiger partial charge in [0.15, 0.2) is 0 Å². The Labute approximate surface area is 113 Å². The van der Waals surface area contributed by atoms with Gasteiger partial charge in [-0.25, -0.2) is 9.89 Å². The van der Waals surface area contributed by atoms with E-state index in [1.807, 2.05) is 6.92 Å². The minimum atomic E-state index is -0.483. The van der Waals surface area contributed by atoms with Gasteiger partial charge in [0.05, 0.1) is 12.4 Å². The number of methoxy groups -OCH3 is 1. The van der Waals surface area contributed by atoms with Gasteiger partial charge in [-0.3, -0.25) is 0 Å². The highest BCUT2D eigenvalue weighted by molar-refractivity contribution is 7.99. The van der Waals surface area contributed by atoms with Crippen molar-refractivity contribution in [1.82, 2.24) is 15.2 Å². The molecule has 0 saturated heterocycles. The van der Waals surface area contributed by atoms with Gasteiger partial charge in [-0.15, -0.1) is 5.10 Å². The molecule has 0 aliphatic rings. The molecule has 2 heterocycles. The van der Waals surface area contributed by atoms with E-state index in [0.29, 0.717) is 10.9 Å². The van der Waals surface area contributed by atoms with Crippen LogP contribution in [0.5, 0.6) is 0 Å². The average Bonchev–Trinajstić information content (AvgIpc) is 2.95. The summed E-state index contributed by atoms with van der Waals surface area (Å²) in [5.74, 6) is 0.661. The number of rotatable bonds is 4. The molecule has 0 radical (unpaired) electrons. The van der Waals surface area contributed by atoms with Gasteiger partial charge in [0.2, 0.25) is 16.9 Å². The van der Waals surface area contributed by atoms with Crippen molar-refractivity contribution in [3.8, 4) is 0 Å². The van der Waals surface area contributed by atoms with Crippen molar-refractivity contribution < 1.29 is 13.9 Å². The average molecular weight is 282 g/mol. The molecule has 1 atom stereocenters. The van der Waals surface area contributed by atoms with E-state index in [4.69, 9.17) is 10.2 Å². The molecule has 3 N–H and O–H groups in total. The van der Waals surface area contributed by atoms with E-state index in [1.165, 1.54) is 18.9 Å². The highest BCUT2D eigenvalue weighted by atomic mass is 32.2. The zero-order valence-corrected chi connectivity index (χ0v) is 11.6. The van der Waals surface area contributed by atoms with Gasteiger partial charge in [0.1, 0.15) is 5.76 Å². The SMILES string of the molecule is COC(=O)c1oc(C(C)Sc2n[nH]c(N)n2)cc1C. The molecular weight excluding hydrogens is 268 g/mol. The summed E-state index contributed by atoms with van der Waals surface area (Å²) in [4.78, 5) is 15.5. The van der Waals surface area contributed by atoms with Crippen molar-refractivity contribution in [3.05, 3.63) is 23.2 Å². The molecule has 0 aliphatic carbocycles. The number of nitrogens with zero attached hydrogens (tertiary/aromatic N) is 2. The molecular formula is C11H14N4O3S. The third-order valence-corrected chi connectivity index (χ3v) is 3.45. The van der Waals surface area contributed by atoms with E-state index >= 15 is 0 Å². The summed E-state index contributed by atoms with van der Waals surface area (Å²) >= 11 is 1.38. The quantitative estimate of drug-likeness (QED) is 0.651. The van der Waals surface area contributed by atoms with Crippen LogP contribution in [0.15, 0.2) is 15.6 Å². The predicted molar refractivity (Wildman–Crippen MR) is 69.9 cm³/mol. The number of aryl methyl sites for hydroxylation is 1. The molecule has 2 aromatic rings. The fourth-order valence-electron chi connectivity index (χ4n) is 1.53. The van der Waals surface area contributed by atoms with Gasteiger partial charge >= 0.3 is 5.97 Å². The van der Waals surface area contributed by atoms with Crippen molar-refractivity contribution in [2.24, 2.45) is 0 Å². The van der Waals surface area contributed by atoms with E-state index in [1.54, 1.807) is 13.0 Å². The van der Waals surface area contributed by atoms with E-state index < -0.39 is 5.97 Å².